The maximum atomic E-state index is 5.71. The molecule has 0 saturated carbocycles. The molecule has 0 aliphatic carbocycles. The van der Waals surface area contributed by atoms with Crippen molar-refractivity contribution in [3.05, 3.63) is 71.8 Å². The summed E-state index contributed by atoms with van der Waals surface area (Å²) >= 11 is 0. The van der Waals surface area contributed by atoms with E-state index >= 15 is 0 Å². The van der Waals surface area contributed by atoms with Crippen LogP contribution in [0.3, 0.4) is 0 Å². The van der Waals surface area contributed by atoms with Gasteiger partial charge in [0.15, 0.2) is 0 Å². The van der Waals surface area contributed by atoms with Crippen molar-refractivity contribution >= 4 is 11.8 Å². The van der Waals surface area contributed by atoms with Crippen LogP contribution < -0.4 is 0 Å². The number of benzene rings is 2. The molecule has 2 aliphatic heterocycles. The molecule has 0 N–H and O–H groups in total. The molecule has 4 rings (SSSR count). The largest absolute Gasteiger partial charge is 0.472 e. The van der Waals surface area contributed by atoms with Gasteiger partial charge in [0.1, 0.15) is 13.2 Å². The minimum Gasteiger partial charge on any atom is -0.472 e. The van der Waals surface area contributed by atoms with E-state index in [1.54, 1.807) is 0 Å². The second kappa shape index (κ2) is 6.87. The predicted molar refractivity (Wildman–Crippen MR) is 94.6 cm³/mol. The number of rotatable bonds is 5. The molecule has 0 unspecified atom stereocenters. The van der Waals surface area contributed by atoms with E-state index in [9.17, 15) is 0 Å². The summed E-state index contributed by atoms with van der Waals surface area (Å²) in [6.07, 6.45) is 1.76. The van der Waals surface area contributed by atoms with Crippen molar-refractivity contribution in [2.45, 2.75) is 24.9 Å². The number of aliphatic imine (C=N–C) groups is 2. The molecule has 4 heteroatoms. The fraction of sp³-hybridized carbons (Fsp3) is 0.300. The summed E-state index contributed by atoms with van der Waals surface area (Å²) in [7, 11) is 0. The first-order chi connectivity index (χ1) is 11.9. The number of ether oxygens (including phenoxy) is 2. The molecule has 0 saturated heterocycles. The molecule has 4 nitrogen and oxygen atoms in total. The molecule has 0 aromatic heterocycles. The standard InChI is InChI=1S/C20H20N2O2/c1-3-7-15(8-4-1)11-17-13-23-19(21-17)20-22-18(14-24-20)12-16-9-5-2-6-10-16/h1-10,17-18H,11-14H2/t17-,18-/m1/s1. The fourth-order valence-electron chi connectivity index (χ4n) is 3.05. The van der Waals surface area contributed by atoms with Crippen LogP contribution in [0.15, 0.2) is 70.6 Å². The lowest BCUT2D eigenvalue weighted by molar-refractivity contribution is 0.293. The Kier molecular flexibility index (Phi) is 4.28. The monoisotopic (exact) mass is 320 g/mol. The van der Waals surface area contributed by atoms with Crippen molar-refractivity contribution in [2.75, 3.05) is 13.2 Å². The summed E-state index contributed by atoms with van der Waals surface area (Å²) in [6.45, 7) is 1.19. The van der Waals surface area contributed by atoms with Gasteiger partial charge in [0.05, 0.1) is 12.1 Å². The van der Waals surface area contributed by atoms with Crippen molar-refractivity contribution < 1.29 is 9.47 Å². The third-order valence-corrected chi connectivity index (χ3v) is 4.24. The average Bonchev–Trinajstić information content (AvgIpc) is 3.26. The van der Waals surface area contributed by atoms with Gasteiger partial charge >= 0.3 is 0 Å². The Balaban J connectivity index is 1.39. The first-order valence-corrected chi connectivity index (χ1v) is 8.36. The van der Waals surface area contributed by atoms with Crippen LogP contribution in [-0.2, 0) is 22.3 Å². The summed E-state index contributed by atoms with van der Waals surface area (Å²) in [6, 6.07) is 21.0. The van der Waals surface area contributed by atoms with Crippen molar-refractivity contribution in [3.63, 3.8) is 0 Å². The summed E-state index contributed by atoms with van der Waals surface area (Å²) in [5, 5.41) is 0. The Morgan fingerprint density at radius 1 is 0.667 bits per heavy atom. The van der Waals surface area contributed by atoms with Crippen LogP contribution in [0, 0.1) is 0 Å². The van der Waals surface area contributed by atoms with Gasteiger partial charge in [-0.3, -0.25) is 0 Å². The Labute approximate surface area is 141 Å². The molecule has 0 spiro atoms. The number of hydrogen-bond acceptors (Lipinski definition) is 4. The second-order valence-electron chi connectivity index (χ2n) is 6.18. The fourth-order valence-corrected chi connectivity index (χ4v) is 3.05. The predicted octanol–water partition coefficient (Wildman–Crippen LogP) is 3.07. The molecule has 2 aliphatic rings. The van der Waals surface area contributed by atoms with Gasteiger partial charge in [0.2, 0.25) is 0 Å². The molecule has 2 aromatic rings. The molecule has 0 bridgehead atoms. The molecular weight excluding hydrogens is 300 g/mol. The van der Waals surface area contributed by atoms with Gasteiger partial charge in [-0.25, -0.2) is 9.98 Å². The van der Waals surface area contributed by atoms with Crippen LogP contribution in [-0.4, -0.2) is 37.1 Å². The summed E-state index contributed by atoms with van der Waals surface area (Å²) in [4.78, 5) is 9.29. The molecule has 0 radical (unpaired) electrons. The van der Waals surface area contributed by atoms with E-state index in [0.29, 0.717) is 25.0 Å². The molecular formula is C20H20N2O2. The van der Waals surface area contributed by atoms with Crippen LogP contribution in [0.2, 0.25) is 0 Å². The molecule has 2 aromatic carbocycles. The van der Waals surface area contributed by atoms with E-state index < -0.39 is 0 Å². The topological polar surface area (TPSA) is 43.2 Å². The van der Waals surface area contributed by atoms with Gasteiger partial charge in [0, 0.05) is 0 Å². The zero-order chi connectivity index (χ0) is 16.2. The van der Waals surface area contributed by atoms with Crippen LogP contribution in [0.5, 0.6) is 0 Å². The summed E-state index contributed by atoms with van der Waals surface area (Å²) in [5.41, 5.74) is 2.54. The van der Waals surface area contributed by atoms with Gasteiger partial charge in [-0.15, -0.1) is 0 Å². The smallest absolute Gasteiger partial charge is 0.273 e. The number of hydrogen-bond donors (Lipinski definition) is 0. The van der Waals surface area contributed by atoms with E-state index in [-0.39, 0.29) is 12.1 Å². The first-order valence-electron chi connectivity index (χ1n) is 8.36. The van der Waals surface area contributed by atoms with E-state index in [2.05, 4.69) is 34.3 Å². The molecule has 24 heavy (non-hydrogen) atoms. The molecule has 0 fully saturated rings. The lowest BCUT2D eigenvalue weighted by atomic mass is 10.1. The third-order valence-electron chi connectivity index (χ3n) is 4.24. The second-order valence-corrected chi connectivity index (χ2v) is 6.18. The molecule has 2 atom stereocenters. The van der Waals surface area contributed by atoms with Gasteiger partial charge in [-0.05, 0) is 24.0 Å². The highest BCUT2D eigenvalue weighted by molar-refractivity contribution is 6.36. The molecule has 122 valence electrons. The maximum Gasteiger partial charge on any atom is 0.273 e. The zero-order valence-electron chi connectivity index (χ0n) is 13.5. The quantitative estimate of drug-likeness (QED) is 0.850. The van der Waals surface area contributed by atoms with Crippen LogP contribution in [0.1, 0.15) is 11.1 Å². The maximum absolute atomic E-state index is 5.71. The number of nitrogens with zero attached hydrogens (tertiary/aromatic N) is 2. The highest BCUT2D eigenvalue weighted by Crippen LogP contribution is 2.17. The van der Waals surface area contributed by atoms with Crippen LogP contribution in [0.4, 0.5) is 0 Å². The summed E-state index contributed by atoms with van der Waals surface area (Å²) < 4.78 is 11.4. The van der Waals surface area contributed by atoms with E-state index in [1.807, 2.05) is 36.4 Å². The third kappa shape index (κ3) is 3.48. The SMILES string of the molecule is c1ccc(C[C@@H]2COC(C3=N[C@H](Cc4ccccc4)CO3)=N2)cc1. The van der Waals surface area contributed by atoms with Crippen molar-refractivity contribution in [3.8, 4) is 0 Å². The Morgan fingerprint density at radius 3 is 1.50 bits per heavy atom. The van der Waals surface area contributed by atoms with Crippen LogP contribution >= 0.6 is 0 Å². The van der Waals surface area contributed by atoms with Crippen molar-refractivity contribution in [2.24, 2.45) is 9.98 Å². The van der Waals surface area contributed by atoms with Gasteiger partial charge in [-0.1, -0.05) is 60.7 Å². The van der Waals surface area contributed by atoms with Crippen LogP contribution in [0.25, 0.3) is 0 Å². The normalized spacial score (nSPS) is 22.5. The molecule has 2 heterocycles. The minimum atomic E-state index is 0.141. The van der Waals surface area contributed by atoms with Crippen molar-refractivity contribution in [1.29, 1.82) is 0 Å². The van der Waals surface area contributed by atoms with Gasteiger partial charge in [-0.2, -0.15) is 0 Å². The Bertz CT molecular complexity index is 675. The first kappa shape index (κ1) is 14.9. The van der Waals surface area contributed by atoms with Gasteiger partial charge < -0.3 is 9.47 Å². The minimum absolute atomic E-state index is 0.141. The van der Waals surface area contributed by atoms with E-state index in [4.69, 9.17) is 9.47 Å². The lowest BCUT2D eigenvalue weighted by Crippen LogP contribution is -2.14. The zero-order valence-corrected chi connectivity index (χ0v) is 13.5. The Morgan fingerprint density at radius 2 is 1.08 bits per heavy atom. The van der Waals surface area contributed by atoms with E-state index in [0.717, 1.165) is 12.8 Å². The van der Waals surface area contributed by atoms with E-state index in [1.165, 1.54) is 11.1 Å². The van der Waals surface area contributed by atoms with Gasteiger partial charge in [0.25, 0.3) is 11.8 Å². The summed E-state index contributed by atoms with van der Waals surface area (Å²) in [5.74, 6) is 1.12. The Hall–Kier alpha value is -2.62. The average molecular weight is 320 g/mol. The lowest BCUT2D eigenvalue weighted by Gasteiger charge is -2.04. The highest BCUT2D eigenvalue weighted by atomic mass is 16.5. The molecule has 0 amide bonds. The van der Waals surface area contributed by atoms with Crippen molar-refractivity contribution in [1.82, 2.24) is 0 Å². The highest BCUT2D eigenvalue weighted by Gasteiger charge is 2.29.